The van der Waals surface area contributed by atoms with Crippen LogP contribution in [-0.2, 0) is 9.47 Å². The molecule has 2 aromatic heterocycles. The van der Waals surface area contributed by atoms with Crippen LogP contribution in [0.25, 0.3) is 11.2 Å². The molecular formula is C28H49N5O5. The summed E-state index contributed by atoms with van der Waals surface area (Å²) in [5, 5.41) is 20.3. The first kappa shape index (κ1) is 30.5. The van der Waals surface area contributed by atoms with Gasteiger partial charge in [0.15, 0.2) is 17.4 Å². The zero-order valence-corrected chi connectivity index (χ0v) is 23.2. The molecule has 216 valence electrons. The van der Waals surface area contributed by atoms with Crippen molar-refractivity contribution < 1.29 is 19.7 Å². The van der Waals surface area contributed by atoms with Gasteiger partial charge in [0.25, 0.3) is 5.56 Å². The molecule has 0 bridgehead atoms. The molecule has 1 aliphatic heterocycles. The van der Waals surface area contributed by atoms with Gasteiger partial charge in [-0.05, 0) is 6.42 Å². The van der Waals surface area contributed by atoms with Gasteiger partial charge in [-0.15, -0.1) is 0 Å². The molecule has 0 aliphatic carbocycles. The average molecular weight is 536 g/mol. The Kier molecular flexibility index (Phi) is 13.5. The fourth-order valence-corrected chi connectivity index (χ4v) is 5.27. The third kappa shape index (κ3) is 9.03. The lowest BCUT2D eigenvalue weighted by Crippen LogP contribution is -2.35. The third-order valence-corrected chi connectivity index (χ3v) is 7.53. The van der Waals surface area contributed by atoms with Gasteiger partial charge in [0, 0.05) is 6.61 Å². The molecule has 0 aromatic carbocycles. The van der Waals surface area contributed by atoms with Crippen LogP contribution < -0.4 is 11.3 Å². The van der Waals surface area contributed by atoms with E-state index in [1.54, 1.807) is 0 Å². The number of nitrogens with zero attached hydrogens (tertiary/aromatic N) is 3. The lowest BCUT2D eigenvalue weighted by Gasteiger charge is -2.22. The topological polar surface area (TPSA) is 149 Å². The van der Waals surface area contributed by atoms with E-state index < -0.39 is 30.1 Å². The number of rotatable bonds is 20. The van der Waals surface area contributed by atoms with Crippen molar-refractivity contribution in [3.05, 3.63) is 16.7 Å². The van der Waals surface area contributed by atoms with Gasteiger partial charge in [0.05, 0.1) is 12.9 Å². The fraction of sp³-hybridized carbons (Fsp3) is 0.821. The second kappa shape index (κ2) is 16.8. The van der Waals surface area contributed by atoms with Crippen molar-refractivity contribution in [2.24, 2.45) is 0 Å². The first-order chi connectivity index (χ1) is 18.6. The molecule has 38 heavy (non-hydrogen) atoms. The molecule has 3 rings (SSSR count). The van der Waals surface area contributed by atoms with Crippen LogP contribution in [-0.4, -0.2) is 61.3 Å². The number of aromatic amines is 1. The Morgan fingerprint density at radius 2 is 1.53 bits per heavy atom. The molecule has 0 spiro atoms. The van der Waals surface area contributed by atoms with E-state index in [0.29, 0.717) is 6.61 Å². The summed E-state index contributed by atoms with van der Waals surface area (Å²) in [5.74, 6) is -0.0351. The second-order valence-corrected chi connectivity index (χ2v) is 10.7. The quantitative estimate of drug-likeness (QED) is 0.180. The Morgan fingerprint density at radius 1 is 0.974 bits per heavy atom. The molecule has 0 amide bonds. The fourth-order valence-electron chi connectivity index (χ4n) is 5.27. The number of aromatic nitrogens is 4. The Balaban J connectivity index is 1.29. The Labute approximate surface area is 226 Å². The molecule has 10 heteroatoms. The van der Waals surface area contributed by atoms with Gasteiger partial charge in [0.1, 0.15) is 18.3 Å². The molecule has 1 fully saturated rings. The normalized spacial score (nSPS) is 21.6. The summed E-state index contributed by atoms with van der Waals surface area (Å²) in [6.45, 7) is 2.39. The number of imidazole rings is 1. The Morgan fingerprint density at radius 3 is 2.08 bits per heavy atom. The highest BCUT2D eigenvalue weighted by Crippen LogP contribution is 2.33. The minimum atomic E-state index is -1.01. The summed E-state index contributed by atoms with van der Waals surface area (Å²) in [6, 6.07) is 0. The van der Waals surface area contributed by atoms with E-state index >= 15 is 0 Å². The summed E-state index contributed by atoms with van der Waals surface area (Å²) < 4.78 is 13.4. The highest BCUT2D eigenvalue weighted by Gasteiger charge is 2.45. The number of anilines is 1. The maximum absolute atomic E-state index is 12.1. The Hall–Kier alpha value is -2.01. The van der Waals surface area contributed by atoms with E-state index in [1.165, 1.54) is 101 Å². The lowest BCUT2D eigenvalue weighted by atomic mass is 10.0. The van der Waals surface area contributed by atoms with E-state index in [2.05, 4.69) is 21.9 Å². The predicted molar refractivity (Wildman–Crippen MR) is 149 cm³/mol. The number of unbranched alkanes of at least 4 members (excludes halogenated alkanes) is 15. The molecule has 0 unspecified atom stereocenters. The van der Waals surface area contributed by atoms with E-state index in [0.717, 1.165) is 12.8 Å². The summed E-state index contributed by atoms with van der Waals surface area (Å²) >= 11 is 0. The van der Waals surface area contributed by atoms with Crippen LogP contribution in [0.1, 0.15) is 116 Å². The van der Waals surface area contributed by atoms with Crippen LogP contribution in [0.3, 0.4) is 0 Å². The standard InChI is InChI=1S/C28H49N5O5/c1-2-3-4-5-6-7-8-9-10-11-12-13-14-15-16-17-18-37-24-23(35)21(19-34)38-27(24)33-20-30-22-25(33)31-28(29)32-26(22)36/h20-21,23-24,27,34-35H,2-19H2,1H3,(H3,29,31,32,36)/t21-,23-,24-,27-/m1/s1. The number of nitrogen functional groups attached to an aromatic ring is 1. The van der Waals surface area contributed by atoms with Crippen LogP contribution in [0.15, 0.2) is 11.1 Å². The molecule has 4 atom stereocenters. The molecule has 0 saturated carbocycles. The van der Waals surface area contributed by atoms with Crippen molar-refractivity contribution in [3.8, 4) is 0 Å². The highest BCUT2D eigenvalue weighted by molar-refractivity contribution is 5.70. The van der Waals surface area contributed by atoms with Gasteiger partial charge in [-0.3, -0.25) is 14.3 Å². The van der Waals surface area contributed by atoms with Gasteiger partial charge in [-0.2, -0.15) is 4.98 Å². The van der Waals surface area contributed by atoms with Gasteiger partial charge in [0.2, 0.25) is 5.95 Å². The van der Waals surface area contributed by atoms with Crippen molar-refractivity contribution in [2.75, 3.05) is 18.9 Å². The molecule has 1 saturated heterocycles. The summed E-state index contributed by atoms with van der Waals surface area (Å²) in [6.07, 6.45) is 18.9. The van der Waals surface area contributed by atoms with E-state index in [9.17, 15) is 15.0 Å². The van der Waals surface area contributed by atoms with E-state index in [1.807, 2.05) is 0 Å². The molecule has 3 heterocycles. The number of H-pyrrole nitrogens is 1. The van der Waals surface area contributed by atoms with Crippen LogP contribution >= 0.6 is 0 Å². The maximum Gasteiger partial charge on any atom is 0.280 e. The average Bonchev–Trinajstić information content (AvgIpc) is 3.46. The minimum Gasteiger partial charge on any atom is -0.394 e. The zero-order chi connectivity index (χ0) is 27.2. The van der Waals surface area contributed by atoms with Crippen molar-refractivity contribution >= 4 is 17.1 Å². The van der Waals surface area contributed by atoms with Crippen molar-refractivity contribution in [3.63, 3.8) is 0 Å². The largest absolute Gasteiger partial charge is 0.394 e. The van der Waals surface area contributed by atoms with E-state index in [4.69, 9.17) is 15.2 Å². The number of nitrogens with two attached hydrogens (primary N) is 1. The van der Waals surface area contributed by atoms with Crippen LogP contribution in [0, 0.1) is 0 Å². The van der Waals surface area contributed by atoms with Gasteiger partial charge in [-0.25, -0.2) is 4.98 Å². The first-order valence-electron chi connectivity index (χ1n) is 14.8. The van der Waals surface area contributed by atoms with Gasteiger partial charge >= 0.3 is 0 Å². The van der Waals surface area contributed by atoms with Crippen molar-refractivity contribution in [1.82, 2.24) is 19.5 Å². The van der Waals surface area contributed by atoms with Crippen LogP contribution in [0.4, 0.5) is 5.95 Å². The summed E-state index contributed by atoms with van der Waals surface area (Å²) in [7, 11) is 0. The first-order valence-corrected chi connectivity index (χ1v) is 14.8. The lowest BCUT2D eigenvalue weighted by molar-refractivity contribution is -0.0711. The Bertz CT molecular complexity index is 980. The SMILES string of the molecule is CCCCCCCCCCCCCCCCCCO[C@@H]1[C@H](O)[C@@H](CO)O[C@H]1n1cnc2c(=O)[nH]c(N)nc21. The number of fused-ring (bicyclic) bond motifs is 1. The third-order valence-electron chi connectivity index (χ3n) is 7.53. The second-order valence-electron chi connectivity index (χ2n) is 10.7. The van der Waals surface area contributed by atoms with Gasteiger partial charge in [-0.1, -0.05) is 103 Å². The van der Waals surface area contributed by atoms with Crippen molar-refractivity contribution in [1.29, 1.82) is 0 Å². The smallest absolute Gasteiger partial charge is 0.280 e. The summed E-state index contributed by atoms with van der Waals surface area (Å²) in [5.41, 5.74) is 5.63. The maximum atomic E-state index is 12.1. The number of ether oxygens (including phenoxy) is 2. The number of nitrogens with one attached hydrogen (secondary N) is 1. The summed E-state index contributed by atoms with van der Waals surface area (Å²) in [4.78, 5) is 22.8. The molecule has 1 aliphatic rings. The molecular weight excluding hydrogens is 486 g/mol. The predicted octanol–water partition coefficient (Wildman–Crippen LogP) is 4.60. The number of aliphatic hydroxyl groups excluding tert-OH is 2. The van der Waals surface area contributed by atoms with Crippen LogP contribution in [0.2, 0.25) is 0 Å². The number of aliphatic hydroxyl groups is 2. The number of hydrogen-bond acceptors (Lipinski definition) is 8. The van der Waals surface area contributed by atoms with Crippen LogP contribution in [0.5, 0.6) is 0 Å². The highest BCUT2D eigenvalue weighted by atomic mass is 16.6. The monoisotopic (exact) mass is 535 g/mol. The number of hydrogen-bond donors (Lipinski definition) is 4. The van der Waals surface area contributed by atoms with E-state index in [-0.39, 0.29) is 23.7 Å². The zero-order valence-electron chi connectivity index (χ0n) is 23.2. The molecule has 5 N–H and O–H groups in total. The molecule has 10 nitrogen and oxygen atoms in total. The minimum absolute atomic E-state index is 0.0351. The molecule has 2 aromatic rings. The molecule has 0 radical (unpaired) electrons. The van der Waals surface area contributed by atoms with Crippen molar-refractivity contribution in [2.45, 2.75) is 134 Å². The van der Waals surface area contributed by atoms with Gasteiger partial charge < -0.3 is 25.4 Å².